The number of methoxy groups -OCH3 is 2. The van der Waals surface area contributed by atoms with E-state index in [9.17, 15) is 5.11 Å². The Hall–Kier alpha value is -5.25. The van der Waals surface area contributed by atoms with Crippen LogP contribution in [0.3, 0.4) is 0 Å². The summed E-state index contributed by atoms with van der Waals surface area (Å²) in [5, 5.41) is 12.5. The molecule has 1 N–H and O–H groups in total. The second-order valence-corrected chi connectivity index (χ2v) is 32.7. The van der Waals surface area contributed by atoms with E-state index >= 15 is 0 Å². The molecule has 7 heteroatoms. The monoisotopic (exact) mass is 1220 g/mol. The van der Waals surface area contributed by atoms with Crippen molar-refractivity contribution >= 4 is 11.3 Å². The lowest BCUT2D eigenvalue weighted by Gasteiger charge is -2.37. The number of hydrogen-bond acceptors (Lipinski definition) is 7. The minimum atomic E-state index is -0.770. The lowest BCUT2D eigenvalue weighted by atomic mass is 9.74. The number of nitrogens with zero attached hydrogens (tertiary/aromatic N) is 3. The number of pyridine rings is 1. The Labute approximate surface area is 545 Å². The third-order valence-electron chi connectivity index (χ3n) is 14.7. The fourth-order valence-electron chi connectivity index (χ4n) is 10.9. The van der Waals surface area contributed by atoms with Crippen LogP contribution in [-0.4, -0.2) is 62.3 Å². The van der Waals surface area contributed by atoms with Crippen LogP contribution in [0, 0.1) is 37.9 Å². The van der Waals surface area contributed by atoms with Crippen molar-refractivity contribution in [3.05, 3.63) is 232 Å². The highest BCUT2D eigenvalue weighted by Crippen LogP contribution is 2.40. The summed E-state index contributed by atoms with van der Waals surface area (Å²) < 4.78 is 11.0. The second-order valence-electron chi connectivity index (χ2n) is 31.7. The summed E-state index contributed by atoms with van der Waals surface area (Å²) in [6, 6.07) is 61.3. The summed E-state index contributed by atoms with van der Waals surface area (Å²) in [5.41, 5.74) is 8.30. The molecule has 0 saturated heterocycles. The number of aliphatic hydroxyl groups is 1. The van der Waals surface area contributed by atoms with Gasteiger partial charge in [-0.05, 0) is 137 Å². The molecule has 2 aromatic heterocycles. The van der Waals surface area contributed by atoms with Crippen molar-refractivity contribution in [3.63, 3.8) is 0 Å². The molecule has 488 valence electrons. The van der Waals surface area contributed by atoms with E-state index in [1.807, 2.05) is 124 Å². The summed E-state index contributed by atoms with van der Waals surface area (Å²) >= 11 is 1.85. The van der Waals surface area contributed by atoms with E-state index in [-0.39, 0.29) is 39.3 Å². The highest BCUT2D eigenvalue weighted by atomic mass is 32.1. The third-order valence-corrected chi connectivity index (χ3v) is 15.6. The quantitative estimate of drug-likeness (QED) is 0.139. The van der Waals surface area contributed by atoms with Gasteiger partial charge >= 0.3 is 0 Å². The van der Waals surface area contributed by atoms with Gasteiger partial charge in [-0.2, -0.15) is 0 Å². The molecular weight excluding hydrogens is 1090 g/mol. The number of ether oxygens (including phenoxy) is 2. The van der Waals surface area contributed by atoms with Gasteiger partial charge in [-0.25, -0.2) is 0 Å². The van der Waals surface area contributed by atoms with E-state index in [1.54, 1.807) is 14.2 Å². The van der Waals surface area contributed by atoms with E-state index in [0.29, 0.717) is 22.9 Å². The van der Waals surface area contributed by atoms with Crippen molar-refractivity contribution in [2.45, 2.75) is 195 Å². The van der Waals surface area contributed by atoms with E-state index < -0.39 is 5.60 Å². The van der Waals surface area contributed by atoms with Gasteiger partial charge in [-0.15, -0.1) is 11.3 Å². The van der Waals surface area contributed by atoms with Crippen LogP contribution in [0.15, 0.2) is 194 Å². The molecule has 0 bridgehead atoms. The smallest absolute Gasteiger partial charge is 0.0916 e. The van der Waals surface area contributed by atoms with Gasteiger partial charge in [0, 0.05) is 43.6 Å². The predicted molar refractivity (Wildman–Crippen MR) is 386 cm³/mol. The van der Waals surface area contributed by atoms with E-state index in [1.165, 1.54) is 39.1 Å². The summed E-state index contributed by atoms with van der Waals surface area (Å²) in [6.07, 6.45) is 6.39. The molecule has 7 aromatic rings. The Morgan fingerprint density at radius 2 is 0.727 bits per heavy atom. The summed E-state index contributed by atoms with van der Waals surface area (Å²) in [7, 11) is 12.1. The van der Waals surface area contributed by atoms with Crippen LogP contribution in [-0.2, 0) is 27.9 Å². The summed E-state index contributed by atoms with van der Waals surface area (Å²) in [6.45, 7) is 48.3. The van der Waals surface area contributed by atoms with Crippen molar-refractivity contribution in [3.8, 4) is 0 Å². The molecule has 0 aliphatic heterocycles. The largest absolute Gasteiger partial charge is 0.385 e. The van der Waals surface area contributed by atoms with E-state index in [2.05, 4.69) is 276 Å². The summed E-state index contributed by atoms with van der Waals surface area (Å²) in [5.74, 6) is 0. The molecule has 0 unspecified atom stereocenters. The predicted octanol–water partition coefficient (Wildman–Crippen LogP) is 22.5. The molecule has 0 aliphatic carbocycles. The lowest BCUT2D eigenvalue weighted by molar-refractivity contribution is -0.0470. The standard InChI is InChI=1S/2C13H21N.3C12H18O.C10H15N.C9H14S/c2*1-13(2,3)12(14(4)5)11-9-7-6-8-10-11;2*1-12(2,3)11(13-4)10-8-6-5-7-9-10;1-11(2,3)12(4,13)10-8-6-5-7-9-10;1-10(2,3)7-9-5-4-6-11-8-9;1-9(2,3)7-8-5-4-6-10-8/h2*6-10,12H,1-5H3;2*5-9,11H,1-4H3;5-9,13H,1-4H3;4-6,8H,7H2,1-3H3;4-6H,7H2,1-3H3/t2*12-;2*11-;12-;;/m10101../s1. The first-order valence-electron chi connectivity index (χ1n) is 31.7. The first kappa shape index (κ1) is 80.8. The third kappa shape index (κ3) is 32.0. The topological polar surface area (TPSA) is 58.1 Å². The minimum absolute atomic E-state index is 0.144. The van der Waals surface area contributed by atoms with E-state index in [0.717, 1.165) is 12.0 Å². The summed E-state index contributed by atoms with van der Waals surface area (Å²) in [4.78, 5) is 10.1. The van der Waals surface area contributed by atoms with E-state index in [4.69, 9.17) is 9.47 Å². The average Bonchev–Trinajstić information content (AvgIpc) is 4.07. The minimum Gasteiger partial charge on any atom is -0.385 e. The highest BCUT2D eigenvalue weighted by molar-refractivity contribution is 7.09. The first-order valence-corrected chi connectivity index (χ1v) is 32.6. The van der Waals surface area contributed by atoms with Crippen LogP contribution in [0.5, 0.6) is 0 Å². The zero-order valence-electron chi connectivity index (χ0n) is 60.7. The molecule has 5 atom stereocenters. The maximum atomic E-state index is 10.3. The van der Waals surface area contributed by atoms with Gasteiger partial charge < -0.3 is 24.4 Å². The SMILES string of the molecule is CC(C)(C)Cc1cccnc1.CC(C)(C)Cc1cccs1.CC(C)(C)[C@](C)(O)c1ccccc1.CN(C)[C@@H](c1ccccc1)C(C)(C)C.CN(C)[C@H](c1ccccc1)C(C)(C)C.CO[C@@H](c1ccccc1)C(C)(C)C.CO[C@H](c1ccccc1)C(C)(C)C. The average molecular weight is 1220 g/mol. The molecule has 6 nitrogen and oxygen atoms in total. The molecule has 7 rings (SSSR count). The van der Waals surface area contributed by atoms with Gasteiger partial charge in [0.1, 0.15) is 0 Å². The number of benzene rings is 5. The van der Waals surface area contributed by atoms with Crippen molar-refractivity contribution in [2.24, 2.45) is 37.9 Å². The highest BCUT2D eigenvalue weighted by Gasteiger charge is 2.37. The zero-order chi connectivity index (χ0) is 67.4. The fraction of sp³-hybridized carbons (Fsp3) is 0.519. The van der Waals surface area contributed by atoms with Crippen LogP contribution in [0.1, 0.15) is 215 Å². The van der Waals surface area contributed by atoms with Crippen LogP contribution >= 0.6 is 11.3 Å². The number of aromatic nitrogens is 1. The molecule has 0 aliphatic rings. The van der Waals surface area contributed by atoms with Crippen LogP contribution < -0.4 is 0 Å². The molecule has 88 heavy (non-hydrogen) atoms. The number of rotatable bonds is 11. The van der Waals surface area contributed by atoms with Gasteiger partial charge in [0.15, 0.2) is 0 Å². The second kappa shape index (κ2) is 37.2. The van der Waals surface area contributed by atoms with Crippen molar-refractivity contribution in [1.82, 2.24) is 14.8 Å². The number of hydrogen-bond donors (Lipinski definition) is 1. The molecule has 0 radical (unpaired) electrons. The lowest BCUT2D eigenvalue weighted by Crippen LogP contribution is -2.36. The Kier molecular flexibility index (Phi) is 34.1. The molecular formula is C81H125N3O3S. The maximum absolute atomic E-state index is 10.3. The Morgan fingerprint density at radius 1 is 0.398 bits per heavy atom. The zero-order valence-corrected chi connectivity index (χ0v) is 61.5. The molecule has 0 amide bonds. The van der Waals surface area contributed by atoms with Crippen LogP contribution in [0.2, 0.25) is 0 Å². The molecule has 0 saturated carbocycles. The normalized spacial score (nSPS) is 14.0. The molecule has 5 aromatic carbocycles. The van der Waals surface area contributed by atoms with Crippen molar-refractivity contribution in [2.75, 3.05) is 42.4 Å². The Balaban J connectivity index is 0.000000515. The Morgan fingerprint density at radius 3 is 0.966 bits per heavy atom. The van der Waals surface area contributed by atoms with Crippen molar-refractivity contribution in [1.29, 1.82) is 0 Å². The van der Waals surface area contributed by atoms with Gasteiger partial charge in [0.25, 0.3) is 0 Å². The van der Waals surface area contributed by atoms with Gasteiger partial charge in [-0.3, -0.25) is 4.98 Å². The first-order chi connectivity index (χ1) is 40.5. The molecule has 2 heterocycles. The maximum Gasteiger partial charge on any atom is 0.0916 e. The molecule has 0 spiro atoms. The van der Waals surface area contributed by atoms with Gasteiger partial charge in [0.2, 0.25) is 0 Å². The van der Waals surface area contributed by atoms with Crippen LogP contribution in [0.25, 0.3) is 0 Å². The van der Waals surface area contributed by atoms with Crippen molar-refractivity contribution < 1.29 is 14.6 Å². The fourth-order valence-corrected chi connectivity index (χ4v) is 11.9. The number of thiophene rings is 1. The Bertz CT molecular complexity index is 2690. The van der Waals surface area contributed by atoms with Gasteiger partial charge in [0.05, 0.1) is 17.8 Å². The van der Waals surface area contributed by atoms with Crippen LogP contribution in [0.4, 0.5) is 0 Å². The van der Waals surface area contributed by atoms with Gasteiger partial charge in [-0.1, -0.05) is 309 Å². The molecule has 0 fully saturated rings.